The van der Waals surface area contributed by atoms with E-state index in [0.717, 1.165) is 54.0 Å². The molecule has 2 aromatic heterocycles. The van der Waals surface area contributed by atoms with E-state index in [-0.39, 0.29) is 18.0 Å². The molecule has 1 amide bonds. The van der Waals surface area contributed by atoms with Crippen LogP contribution in [0.15, 0.2) is 24.5 Å². The molecule has 1 aromatic carbocycles. The molecule has 2 aliphatic rings. The Kier molecular flexibility index (Phi) is 5.93. The average Bonchev–Trinajstić information content (AvgIpc) is 3.58. The van der Waals surface area contributed by atoms with Gasteiger partial charge < -0.3 is 25.5 Å². The van der Waals surface area contributed by atoms with Crippen molar-refractivity contribution in [1.82, 2.24) is 20.3 Å². The topological polar surface area (TPSA) is 115 Å². The monoisotopic (exact) mass is 449 g/mol. The van der Waals surface area contributed by atoms with E-state index in [1.165, 1.54) is 19.2 Å². The van der Waals surface area contributed by atoms with Crippen LogP contribution in [-0.2, 0) is 0 Å². The van der Waals surface area contributed by atoms with Gasteiger partial charge in [0.1, 0.15) is 29.0 Å². The predicted octanol–water partition coefficient (Wildman–Crippen LogP) is 3.73. The van der Waals surface area contributed by atoms with Gasteiger partial charge in [0, 0.05) is 29.4 Å². The van der Waals surface area contributed by atoms with Gasteiger partial charge in [0.25, 0.3) is 5.91 Å². The number of carbonyl (C=O) groups excluding carboxylic acids is 1. The van der Waals surface area contributed by atoms with E-state index >= 15 is 0 Å². The van der Waals surface area contributed by atoms with E-state index in [1.54, 1.807) is 7.11 Å². The van der Waals surface area contributed by atoms with Crippen LogP contribution in [0, 0.1) is 12.8 Å². The fourth-order valence-electron chi connectivity index (χ4n) is 4.56. The van der Waals surface area contributed by atoms with Gasteiger partial charge in [-0.25, -0.2) is 9.97 Å². The standard InChI is InChI=1S/C25H31N5O3/c1-14-21(25(31)30-17-7-5-16(26)6-8-17)23-24(29-14)22(27-13-28-23)19-10-9-18(32-2)11-20(19)33-12-15-3-4-15/h9-11,13,15-17,29H,3-8,12,26H2,1-2H3,(H,30,31). The Bertz CT molecular complexity index is 1160. The van der Waals surface area contributed by atoms with Crippen molar-refractivity contribution < 1.29 is 14.3 Å². The summed E-state index contributed by atoms with van der Waals surface area (Å²) in [7, 11) is 1.64. The van der Waals surface area contributed by atoms with Crippen LogP contribution in [0.2, 0.25) is 0 Å². The number of hydrogen-bond donors (Lipinski definition) is 3. The molecular formula is C25H31N5O3. The number of ether oxygens (including phenoxy) is 2. The number of nitrogens with one attached hydrogen (secondary N) is 2. The number of carbonyl (C=O) groups is 1. The summed E-state index contributed by atoms with van der Waals surface area (Å²) in [6.07, 6.45) is 7.60. The summed E-state index contributed by atoms with van der Waals surface area (Å²) in [6.45, 7) is 2.58. The number of amides is 1. The van der Waals surface area contributed by atoms with Crippen molar-refractivity contribution in [3.05, 3.63) is 35.8 Å². The molecule has 0 aliphatic heterocycles. The van der Waals surface area contributed by atoms with Crippen molar-refractivity contribution in [1.29, 1.82) is 0 Å². The second-order valence-electron chi connectivity index (χ2n) is 9.27. The first-order valence-electron chi connectivity index (χ1n) is 11.7. The Hall–Kier alpha value is -3.13. The number of fused-ring (bicyclic) bond motifs is 1. The molecular weight excluding hydrogens is 418 g/mol. The highest BCUT2D eigenvalue weighted by Crippen LogP contribution is 2.38. The number of nitrogens with two attached hydrogens (primary N) is 1. The quantitative estimate of drug-likeness (QED) is 0.506. The maximum atomic E-state index is 13.2. The summed E-state index contributed by atoms with van der Waals surface area (Å²) in [5.41, 5.74) is 10.2. The van der Waals surface area contributed by atoms with Gasteiger partial charge in [0.15, 0.2) is 0 Å². The van der Waals surface area contributed by atoms with Gasteiger partial charge in [-0.1, -0.05) is 0 Å². The minimum absolute atomic E-state index is 0.108. The molecule has 0 unspecified atom stereocenters. The van der Waals surface area contributed by atoms with Crippen LogP contribution in [0.4, 0.5) is 0 Å². The lowest BCUT2D eigenvalue weighted by Gasteiger charge is -2.26. The molecule has 8 heteroatoms. The number of hydrogen-bond acceptors (Lipinski definition) is 6. The maximum absolute atomic E-state index is 13.2. The number of nitrogens with zero attached hydrogens (tertiary/aromatic N) is 2. The van der Waals surface area contributed by atoms with E-state index in [4.69, 9.17) is 15.2 Å². The number of rotatable bonds is 7. The summed E-state index contributed by atoms with van der Waals surface area (Å²) in [5, 5.41) is 3.18. The number of H-pyrrole nitrogens is 1. The zero-order chi connectivity index (χ0) is 22.9. The zero-order valence-corrected chi connectivity index (χ0v) is 19.2. The lowest BCUT2D eigenvalue weighted by Crippen LogP contribution is -2.40. The number of aryl methyl sites for hydroxylation is 1. The van der Waals surface area contributed by atoms with Crippen molar-refractivity contribution in [3.8, 4) is 22.8 Å². The number of methoxy groups -OCH3 is 1. The first-order valence-corrected chi connectivity index (χ1v) is 11.7. The molecule has 8 nitrogen and oxygen atoms in total. The van der Waals surface area contributed by atoms with Crippen LogP contribution in [0.5, 0.6) is 11.5 Å². The van der Waals surface area contributed by atoms with Crippen LogP contribution < -0.4 is 20.5 Å². The molecule has 0 saturated heterocycles. The summed E-state index contributed by atoms with van der Waals surface area (Å²) >= 11 is 0. The number of aromatic nitrogens is 3. The van der Waals surface area contributed by atoms with Crippen molar-refractivity contribution in [2.45, 2.75) is 57.5 Å². The van der Waals surface area contributed by atoms with Crippen molar-refractivity contribution in [2.75, 3.05) is 13.7 Å². The van der Waals surface area contributed by atoms with Gasteiger partial charge >= 0.3 is 0 Å². The van der Waals surface area contributed by atoms with E-state index < -0.39 is 0 Å². The molecule has 0 bridgehead atoms. The van der Waals surface area contributed by atoms with E-state index in [2.05, 4.69) is 20.3 Å². The van der Waals surface area contributed by atoms with Gasteiger partial charge in [0.05, 0.1) is 24.8 Å². The maximum Gasteiger partial charge on any atom is 0.255 e. The van der Waals surface area contributed by atoms with Crippen LogP contribution in [0.25, 0.3) is 22.3 Å². The van der Waals surface area contributed by atoms with Crippen molar-refractivity contribution in [3.63, 3.8) is 0 Å². The summed E-state index contributed by atoms with van der Waals surface area (Å²) in [6, 6.07) is 6.12. The predicted molar refractivity (Wildman–Crippen MR) is 127 cm³/mol. The third kappa shape index (κ3) is 4.53. The normalized spacial score (nSPS) is 20.6. The first-order chi connectivity index (χ1) is 16.0. The van der Waals surface area contributed by atoms with Gasteiger partial charge in [-0.15, -0.1) is 0 Å². The summed E-state index contributed by atoms with van der Waals surface area (Å²) in [4.78, 5) is 25.6. The summed E-state index contributed by atoms with van der Waals surface area (Å²) in [5.74, 6) is 1.96. The van der Waals surface area contributed by atoms with Gasteiger partial charge in [0.2, 0.25) is 0 Å². The molecule has 2 aliphatic carbocycles. The Morgan fingerprint density at radius 1 is 1.18 bits per heavy atom. The summed E-state index contributed by atoms with van der Waals surface area (Å²) < 4.78 is 11.6. The Morgan fingerprint density at radius 2 is 1.97 bits per heavy atom. The first kappa shape index (κ1) is 21.7. The van der Waals surface area contributed by atoms with Crippen molar-refractivity contribution in [2.24, 2.45) is 11.7 Å². The largest absolute Gasteiger partial charge is 0.497 e. The third-order valence-corrected chi connectivity index (χ3v) is 6.72. The van der Waals surface area contributed by atoms with Crippen LogP contribution >= 0.6 is 0 Å². The molecule has 0 radical (unpaired) electrons. The fourth-order valence-corrected chi connectivity index (χ4v) is 4.56. The van der Waals surface area contributed by atoms with E-state index in [1.807, 2.05) is 25.1 Å². The lowest BCUT2D eigenvalue weighted by molar-refractivity contribution is 0.0927. The van der Waals surface area contributed by atoms with Crippen LogP contribution in [-0.4, -0.2) is 46.7 Å². The smallest absolute Gasteiger partial charge is 0.255 e. The highest BCUT2D eigenvalue weighted by Gasteiger charge is 2.26. The minimum Gasteiger partial charge on any atom is -0.497 e. The van der Waals surface area contributed by atoms with Gasteiger partial charge in [-0.2, -0.15) is 0 Å². The second kappa shape index (κ2) is 9.02. The minimum atomic E-state index is -0.108. The number of benzene rings is 1. The Morgan fingerprint density at radius 3 is 2.70 bits per heavy atom. The highest BCUT2D eigenvalue weighted by atomic mass is 16.5. The SMILES string of the molecule is COc1ccc(-c2ncnc3c(C(=O)NC4CCC(N)CC4)c(C)[nH]c23)c(OCC2CC2)c1. The van der Waals surface area contributed by atoms with Crippen LogP contribution in [0.1, 0.15) is 54.6 Å². The molecule has 0 spiro atoms. The molecule has 0 atom stereocenters. The van der Waals surface area contributed by atoms with E-state index in [0.29, 0.717) is 29.3 Å². The average molecular weight is 450 g/mol. The molecule has 2 fully saturated rings. The fraction of sp³-hybridized carbons (Fsp3) is 0.480. The molecule has 3 aromatic rings. The molecule has 2 saturated carbocycles. The second-order valence-corrected chi connectivity index (χ2v) is 9.27. The number of aromatic amines is 1. The zero-order valence-electron chi connectivity index (χ0n) is 19.2. The van der Waals surface area contributed by atoms with E-state index in [9.17, 15) is 4.79 Å². The molecule has 174 valence electrons. The Balaban J connectivity index is 1.49. The third-order valence-electron chi connectivity index (χ3n) is 6.72. The lowest BCUT2D eigenvalue weighted by atomic mass is 9.91. The molecule has 5 rings (SSSR count). The molecule has 33 heavy (non-hydrogen) atoms. The molecule has 2 heterocycles. The molecule has 4 N–H and O–H groups in total. The van der Waals surface area contributed by atoms with Crippen molar-refractivity contribution >= 4 is 16.9 Å². The van der Waals surface area contributed by atoms with Gasteiger partial charge in [-0.05, 0) is 63.5 Å². The Labute approximate surface area is 193 Å². The van der Waals surface area contributed by atoms with Crippen LogP contribution in [0.3, 0.4) is 0 Å². The highest BCUT2D eigenvalue weighted by molar-refractivity contribution is 6.09. The van der Waals surface area contributed by atoms with Gasteiger partial charge in [-0.3, -0.25) is 4.79 Å².